The Morgan fingerprint density at radius 2 is 1.95 bits per heavy atom. The van der Waals surface area contributed by atoms with Gasteiger partial charge in [-0.3, -0.25) is 4.79 Å². The van der Waals surface area contributed by atoms with Gasteiger partial charge in [-0.15, -0.1) is 0 Å². The second-order valence-corrected chi connectivity index (χ2v) is 10.2. The molecule has 3 heterocycles. The zero-order chi connectivity index (χ0) is 26.2. The van der Waals surface area contributed by atoms with Crippen LogP contribution in [0, 0.1) is 17.7 Å². The first kappa shape index (κ1) is 27.3. The summed E-state index contributed by atoms with van der Waals surface area (Å²) in [6, 6.07) is 4.02. The van der Waals surface area contributed by atoms with Crippen LogP contribution in [0.15, 0.2) is 29.3 Å². The fourth-order valence-electron chi connectivity index (χ4n) is 5.71. The second-order valence-electron chi connectivity index (χ2n) is 10.2. The lowest BCUT2D eigenvalue weighted by Gasteiger charge is -2.28. The molecule has 5 atom stereocenters. The number of fused-ring (bicyclic) bond motifs is 2. The van der Waals surface area contributed by atoms with E-state index in [1.54, 1.807) is 12.1 Å². The van der Waals surface area contributed by atoms with Gasteiger partial charge in [-0.05, 0) is 55.0 Å². The van der Waals surface area contributed by atoms with E-state index in [0.29, 0.717) is 18.9 Å². The van der Waals surface area contributed by atoms with Crippen molar-refractivity contribution in [1.29, 1.82) is 0 Å². The number of hydrogen-bond donors (Lipinski definition) is 1. The molecule has 0 radical (unpaired) electrons. The number of halogens is 1. The molecule has 202 valence electrons. The molecule has 0 saturated carbocycles. The smallest absolute Gasteiger partial charge is 0.330 e. The van der Waals surface area contributed by atoms with E-state index in [0.717, 1.165) is 36.8 Å². The third kappa shape index (κ3) is 6.98. The Labute approximate surface area is 218 Å². The molecule has 8 heteroatoms. The average molecular weight is 515 g/mol. The molecule has 37 heavy (non-hydrogen) atoms. The maximum absolute atomic E-state index is 14.2. The lowest BCUT2D eigenvalue weighted by Crippen LogP contribution is -2.35. The minimum Gasteiger partial charge on any atom is -0.478 e. The number of rotatable bonds is 13. The van der Waals surface area contributed by atoms with Crippen molar-refractivity contribution in [3.8, 4) is 0 Å². The Morgan fingerprint density at radius 1 is 1.16 bits per heavy atom. The minimum absolute atomic E-state index is 0.0127. The van der Waals surface area contributed by atoms with Gasteiger partial charge in [0.1, 0.15) is 12.4 Å². The highest BCUT2D eigenvalue weighted by Gasteiger charge is 2.53. The molecule has 2 fully saturated rings. The molecule has 1 amide bonds. The number of carbonyl (C=O) groups excluding carboxylic acids is 2. The molecule has 5 unspecified atom stereocenters. The summed E-state index contributed by atoms with van der Waals surface area (Å²) in [6.45, 7) is 3.10. The predicted octanol–water partition coefficient (Wildman–Crippen LogP) is 4.62. The van der Waals surface area contributed by atoms with E-state index in [9.17, 15) is 14.0 Å². The van der Waals surface area contributed by atoms with Crippen LogP contribution in [-0.4, -0.2) is 56.3 Å². The van der Waals surface area contributed by atoms with Gasteiger partial charge in [-0.2, -0.15) is 0 Å². The molecule has 0 spiro atoms. The quantitative estimate of drug-likeness (QED) is 0.236. The van der Waals surface area contributed by atoms with E-state index in [-0.39, 0.29) is 42.4 Å². The van der Waals surface area contributed by atoms with Crippen LogP contribution in [0.2, 0.25) is 0 Å². The third-order valence-electron chi connectivity index (χ3n) is 7.67. The number of benzene rings is 1. The molecule has 3 aliphatic rings. The molecule has 1 aromatic carbocycles. The molecule has 0 aromatic heterocycles. The Bertz CT molecular complexity index is 1010. The number of hydrogen-bond acceptors (Lipinski definition) is 6. The first-order valence-corrected chi connectivity index (χ1v) is 13.7. The zero-order valence-corrected chi connectivity index (χ0v) is 21.9. The van der Waals surface area contributed by atoms with Crippen molar-refractivity contribution >= 4 is 23.9 Å². The van der Waals surface area contributed by atoms with Crippen LogP contribution in [0.4, 0.5) is 4.39 Å². The summed E-state index contributed by atoms with van der Waals surface area (Å²) < 4.78 is 31.1. The van der Waals surface area contributed by atoms with Crippen LogP contribution < -0.4 is 5.32 Å². The Kier molecular flexibility index (Phi) is 9.72. The molecule has 1 aromatic rings. The summed E-state index contributed by atoms with van der Waals surface area (Å²) in [5.41, 5.74) is 1.55. The number of amides is 1. The molecule has 1 N–H and O–H groups in total. The molecular formula is C29H39FN2O5. The standard InChI is InChI=1S/C29H39FN2O5/c1-3-4-5-6-7-8-15-31-28(34)23-18-36-29(32-23)27-22(24-12-13-25(27)37-24)17-20-16-21(30)11-9-19(20)10-14-26(33)35-2/h9-11,14,16,22-25,27H,3-8,12-13,15,17-18H2,1-2H3,(H,31,34). The van der Waals surface area contributed by atoms with Gasteiger partial charge < -0.3 is 19.5 Å². The fraction of sp³-hybridized carbons (Fsp3) is 0.621. The number of methoxy groups -OCH3 is 1. The van der Waals surface area contributed by atoms with Crippen LogP contribution in [-0.2, 0) is 30.2 Å². The van der Waals surface area contributed by atoms with E-state index in [1.807, 2.05) is 0 Å². The van der Waals surface area contributed by atoms with E-state index < -0.39 is 12.0 Å². The molecule has 2 saturated heterocycles. The number of ether oxygens (including phenoxy) is 3. The highest BCUT2D eigenvalue weighted by Crippen LogP contribution is 2.46. The SMILES string of the molecule is CCCCCCCCNC(=O)C1COC(C2C3CCC(O3)C2Cc2cc(F)ccc2C=CC(=O)OC)=N1. The van der Waals surface area contributed by atoms with Gasteiger partial charge in [0, 0.05) is 18.5 Å². The Hall–Kier alpha value is -2.74. The highest BCUT2D eigenvalue weighted by atomic mass is 19.1. The minimum atomic E-state index is -0.539. The van der Waals surface area contributed by atoms with E-state index in [2.05, 4.69) is 22.0 Å². The van der Waals surface area contributed by atoms with Crippen molar-refractivity contribution in [2.45, 2.75) is 83.0 Å². The van der Waals surface area contributed by atoms with Crippen molar-refractivity contribution in [1.82, 2.24) is 5.32 Å². The van der Waals surface area contributed by atoms with Gasteiger partial charge in [-0.1, -0.05) is 45.1 Å². The van der Waals surface area contributed by atoms with E-state index >= 15 is 0 Å². The summed E-state index contributed by atoms with van der Waals surface area (Å²) in [7, 11) is 1.32. The van der Waals surface area contributed by atoms with Crippen molar-refractivity contribution in [2.24, 2.45) is 16.8 Å². The largest absolute Gasteiger partial charge is 0.478 e. The second kappa shape index (κ2) is 13.2. The van der Waals surface area contributed by atoms with Gasteiger partial charge in [0.2, 0.25) is 5.91 Å². The van der Waals surface area contributed by atoms with Gasteiger partial charge in [0.05, 0.1) is 25.2 Å². The van der Waals surface area contributed by atoms with Gasteiger partial charge in [0.25, 0.3) is 0 Å². The molecule has 3 aliphatic heterocycles. The van der Waals surface area contributed by atoms with Crippen LogP contribution >= 0.6 is 0 Å². The normalized spacial score (nSPS) is 26.4. The van der Waals surface area contributed by atoms with E-state index in [1.165, 1.54) is 51.0 Å². The van der Waals surface area contributed by atoms with Crippen LogP contribution in [0.3, 0.4) is 0 Å². The van der Waals surface area contributed by atoms with Crippen molar-refractivity contribution in [3.05, 3.63) is 41.2 Å². The zero-order valence-electron chi connectivity index (χ0n) is 21.9. The third-order valence-corrected chi connectivity index (χ3v) is 7.67. The number of aliphatic imine (C=N–C) groups is 1. The molecule has 2 bridgehead atoms. The average Bonchev–Trinajstić information content (AvgIpc) is 3.64. The Balaban J connectivity index is 1.39. The highest BCUT2D eigenvalue weighted by molar-refractivity contribution is 5.90. The summed E-state index contributed by atoms with van der Waals surface area (Å²) in [5, 5.41) is 3.01. The topological polar surface area (TPSA) is 86.2 Å². The maximum atomic E-state index is 14.2. The summed E-state index contributed by atoms with van der Waals surface area (Å²) >= 11 is 0. The molecule has 4 rings (SSSR count). The lowest BCUT2D eigenvalue weighted by atomic mass is 9.75. The molecular weight excluding hydrogens is 475 g/mol. The first-order chi connectivity index (χ1) is 18.0. The number of esters is 1. The van der Waals surface area contributed by atoms with Crippen molar-refractivity contribution in [3.63, 3.8) is 0 Å². The van der Waals surface area contributed by atoms with Gasteiger partial charge >= 0.3 is 5.97 Å². The fourth-order valence-corrected chi connectivity index (χ4v) is 5.71. The summed E-state index contributed by atoms with van der Waals surface area (Å²) in [6.07, 6.45) is 12.5. The predicted molar refractivity (Wildman–Crippen MR) is 140 cm³/mol. The van der Waals surface area contributed by atoms with E-state index in [4.69, 9.17) is 9.47 Å². The number of nitrogens with zero attached hydrogens (tertiary/aromatic N) is 1. The van der Waals surface area contributed by atoms with Crippen molar-refractivity contribution < 1.29 is 28.2 Å². The van der Waals surface area contributed by atoms with Gasteiger partial charge in [0.15, 0.2) is 11.9 Å². The number of carbonyl (C=O) groups is 2. The number of nitrogens with one attached hydrogen (secondary N) is 1. The van der Waals surface area contributed by atoms with Crippen LogP contribution in [0.1, 0.15) is 69.4 Å². The lowest BCUT2D eigenvalue weighted by molar-refractivity contribution is -0.134. The van der Waals surface area contributed by atoms with Gasteiger partial charge in [-0.25, -0.2) is 14.2 Å². The molecule has 7 nitrogen and oxygen atoms in total. The Morgan fingerprint density at radius 3 is 2.76 bits per heavy atom. The monoisotopic (exact) mass is 514 g/mol. The van der Waals surface area contributed by atoms with Crippen LogP contribution in [0.25, 0.3) is 6.08 Å². The maximum Gasteiger partial charge on any atom is 0.330 e. The first-order valence-electron chi connectivity index (χ1n) is 13.7. The number of unbranched alkanes of at least 4 members (excludes halogenated alkanes) is 5. The summed E-state index contributed by atoms with van der Waals surface area (Å²) in [5.74, 6) is -0.330. The van der Waals surface area contributed by atoms with Crippen LogP contribution in [0.5, 0.6) is 0 Å². The van der Waals surface area contributed by atoms with Crippen molar-refractivity contribution in [2.75, 3.05) is 20.3 Å². The molecule has 0 aliphatic carbocycles. The summed E-state index contributed by atoms with van der Waals surface area (Å²) in [4.78, 5) is 29.0.